The molecule has 0 saturated heterocycles. The normalized spacial score (nSPS) is 19.4. The third-order valence-corrected chi connectivity index (χ3v) is 4.18. The van der Waals surface area contributed by atoms with Gasteiger partial charge in [0, 0.05) is 18.2 Å². The van der Waals surface area contributed by atoms with E-state index in [2.05, 4.69) is 0 Å². The number of ether oxygens (including phenoxy) is 1. The molecule has 3 rings (SSSR count). The molecule has 0 aliphatic heterocycles. The van der Waals surface area contributed by atoms with Crippen molar-refractivity contribution in [2.75, 3.05) is 0 Å². The minimum atomic E-state index is -0.948. The Morgan fingerprint density at radius 2 is 1.88 bits per heavy atom. The molecule has 0 heterocycles. The van der Waals surface area contributed by atoms with Crippen molar-refractivity contribution in [2.45, 2.75) is 24.8 Å². The Morgan fingerprint density at radius 3 is 2.50 bits per heavy atom. The number of nitro groups is 1. The molecule has 124 valence electrons. The maximum Gasteiger partial charge on any atom is 0.312 e. The first-order chi connectivity index (χ1) is 11.5. The van der Waals surface area contributed by atoms with E-state index in [1.807, 2.05) is 6.07 Å². The van der Waals surface area contributed by atoms with Gasteiger partial charge in [0.05, 0.1) is 10.8 Å². The first-order valence-electron chi connectivity index (χ1n) is 7.49. The van der Waals surface area contributed by atoms with Gasteiger partial charge in [-0.3, -0.25) is 14.9 Å². The Labute approximate surface area is 137 Å². The number of fused-ring (bicyclic) bond motifs is 1. The van der Waals surface area contributed by atoms with Gasteiger partial charge < -0.3 is 15.6 Å². The fraction of sp³-hybridized carbons (Fsp3) is 0.235. The number of nitrogens with two attached hydrogens (primary N) is 1. The van der Waals surface area contributed by atoms with E-state index < -0.39 is 22.9 Å². The molecule has 0 spiro atoms. The van der Waals surface area contributed by atoms with E-state index in [1.165, 1.54) is 24.3 Å². The molecule has 1 aliphatic carbocycles. The lowest BCUT2D eigenvalue weighted by atomic mass is 9.79. The predicted molar refractivity (Wildman–Crippen MR) is 86.3 cm³/mol. The van der Waals surface area contributed by atoms with Crippen molar-refractivity contribution < 1.29 is 19.6 Å². The molecule has 7 heteroatoms. The van der Waals surface area contributed by atoms with Crippen LogP contribution < -0.4 is 10.5 Å². The molecule has 0 bridgehead atoms. The molecule has 7 nitrogen and oxygen atoms in total. The van der Waals surface area contributed by atoms with Crippen molar-refractivity contribution in [1.82, 2.24) is 0 Å². The van der Waals surface area contributed by atoms with E-state index in [9.17, 15) is 20.0 Å². The van der Waals surface area contributed by atoms with Crippen LogP contribution in [0.2, 0.25) is 0 Å². The molecule has 2 aromatic rings. The number of non-ortho nitro benzene ring substituents is 1. The summed E-state index contributed by atoms with van der Waals surface area (Å²) < 4.78 is 5.69. The number of carboxylic acids is 1. The van der Waals surface area contributed by atoms with Crippen LogP contribution in [0.1, 0.15) is 23.5 Å². The van der Waals surface area contributed by atoms with Crippen LogP contribution in [0.3, 0.4) is 0 Å². The monoisotopic (exact) mass is 328 g/mol. The number of aryl methyl sites for hydroxylation is 1. The van der Waals surface area contributed by atoms with Gasteiger partial charge >= 0.3 is 5.97 Å². The molecule has 2 aromatic carbocycles. The summed E-state index contributed by atoms with van der Waals surface area (Å²) in [4.78, 5) is 21.7. The zero-order valence-electron chi connectivity index (χ0n) is 12.7. The topological polar surface area (TPSA) is 116 Å². The molecule has 1 aliphatic rings. The number of hydrogen-bond acceptors (Lipinski definition) is 5. The fourth-order valence-corrected chi connectivity index (χ4v) is 2.96. The zero-order valence-corrected chi connectivity index (χ0v) is 12.7. The Morgan fingerprint density at radius 1 is 1.21 bits per heavy atom. The number of nitrogens with zero attached hydrogens (tertiary/aromatic N) is 1. The van der Waals surface area contributed by atoms with Crippen LogP contribution in [0.4, 0.5) is 5.69 Å². The highest BCUT2D eigenvalue weighted by molar-refractivity contribution is 5.78. The second-order valence-corrected chi connectivity index (χ2v) is 5.73. The van der Waals surface area contributed by atoms with Crippen molar-refractivity contribution >= 4 is 11.7 Å². The maximum atomic E-state index is 11.5. The van der Waals surface area contributed by atoms with Crippen molar-refractivity contribution in [3.8, 4) is 11.5 Å². The van der Waals surface area contributed by atoms with Crippen LogP contribution in [-0.4, -0.2) is 22.0 Å². The smallest absolute Gasteiger partial charge is 0.312 e. The molecule has 2 unspecified atom stereocenters. The summed E-state index contributed by atoms with van der Waals surface area (Å²) in [6.45, 7) is 0. The van der Waals surface area contributed by atoms with Crippen LogP contribution in [0, 0.1) is 10.1 Å². The predicted octanol–water partition coefficient (Wildman–Crippen LogP) is 2.83. The number of carbonyl (C=O) groups is 1. The zero-order chi connectivity index (χ0) is 17.3. The van der Waals surface area contributed by atoms with Crippen molar-refractivity contribution in [1.29, 1.82) is 0 Å². The van der Waals surface area contributed by atoms with Crippen molar-refractivity contribution in [2.24, 2.45) is 5.73 Å². The maximum absolute atomic E-state index is 11.5. The van der Waals surface area contributed by atoms with Gasteiger partial charge in [-0.1, -0.05) is 6.07 Å². The first-order valence-corrected chi connectivity index (χ1v) is 7.49. The van der Waals surface area contributed by atoms with Gasteiger partial charge in [0.15, 0.2) is 0 Å². The molecule has 2 atom stereocenters. The largest absolute Gasteiger partial charge is 0.481 e. The van der Waals surface area contributed by atoms with Gasteiger partial charge in [0.1, 0.15) is 11.5 Å². The molecular weight excluding hydrogens is 312 g/mol. The van der Waals surface area contributed by atoms with Gasteiger partial charge in [-0.25, -0.2) is 0 Å². The van der Waals surface area contributed by atoms with Crippen molar-refractivity contribution in [3.63, 3.8) is 0 Å². The molecule has 24 heavy (non-hydrogen) atoms. The van der Waals surface area contributed by atoms with E-state index in [0.717, 1.165) is 12.0 Å². The molecular formula is C17H16N2O5. The number of hydrogen-bond donors (Lipinski definition) is 2. The summed E-state index contributed by atoms with van der Waals surface area (Å²) in [5.41, 5.74) is 7.56. The number of rotatable bonds is 4. The minimum Gasteiger partial charge on any atom is -0.481 e. The van der Waals surface area contributed by atoms with Gasteiger partial charge in [-0.15, -0.1) is 0 Å². The Bertz CT molecular complexity index is 788. The Hall–Kier alpha value is -2.93. The van der Waals surface area contributed by atoms with Gasteiger partial charge in [0.25, 0.3) is 5.69 Å². The third-order valence-electron chi connectivity index (χ3n) is 4.18. The highest BCUT2D eigenvalue weighted by Crippen LogP contribution is 2.35. The molecule has 0 saturated carbocycles. The number of aliphatic carboxylic acids is 1. The lowest BCUT2D eigenvalue weighted by Crippen LogP contribution is -2.37. The quantitative estimate of drug-likeness (QED) is 0.658. The Balaban J connectivity index is 1.88. The summed E-state index contributed by atoms with van der Waals surface area (Å²) in [5, 5.41) is 20.1. The molecule has 0 amide bonds. The first kappa shape index (κ1) is 15.9. The molecule has 0 fully saturated rings. The lowest BCUT2D eigenvalue weighted by Gasteiger charge is -2.28. The summed E-state index contributed by atoms with van der Waals surface area (Å²) >= 11 is 0. The third kappa shape index (κ3) is 3.07. The van der Waals surface area contributed by atoms with Crippen LogP contribution >= 0.6 is 0 Å². The highest BCUT2D eigenvalue weighted by atomic mass is 16.6. The SMILES string of the molecule is NC1CCc2ccc(Oc3ccc([N+](=O)[O-])cc3)cc2C1C(=O)O. The van der Waals surface area contributed by atoms with Gasteiger partial charge in [-0.05, 0) is 48.2 Å². The summed E-state index contributed by atoms with van der Waals surface area (Å²) in [6.07, 6.45) is 1.37. The Kier molecular flexibility index (Phi) is 4.18. The summed E-state index contributed by atoms with van der Waals surface area (Å²) in [5.74, 6) is -0.791. The molecule has 0 aromatic heterocycles. The minimum absolute atomic E-state index is 0.0234. The van der Waals surface area contributed by atoms with Gasteiger partial charge in [0.2, 0.25) is 0 Å². The second-order valence-electron chi connectivity index (χ2n) is 5.73. The number of nitro benzene ring substituents is 1. The standard InChI is InChI=1S/C17H16N2O5/c18-15-8-2-10-1-5-13(9-14(10)16(15)17(20)21)24-12-6-3-11(4-7-12)19(22)23/h1,3-7,9,15-16H,2,8,18H2,(H,20,21). The van der Waals surface area contributed by atoms with Crippen LogP contribution in [0.5, 0.6) is 11.5 Å². The average molecular weight is 328 g/mol. The highest BCUT2D eigenvalue weighted by Gasteiger charge is 2.33. The lowest BCUT2D eigenvalue weighted by molar-refractivity contribution is -0.384. The van der Waals surface area contributed by atoms with Crippen LogP contribution in [-0.2, 0) is 11.2 Å². The van der Waals surface area contributed by atoms with Crippen LogP contribution in [0.15, 0.2) is 42.5 Å². The average Bonchev–Trinajstić information content (AvgIpc) is 2.54. The van der Waals surface area contributed by atoms with Gasteiger partial charge in [-0.2, -0.15) is 0 Å². The van der Waals surface area contributed by atoms with E-state index in [4.69, 9.17) is 10.5 Å². The number of carboxylic acid groups (broad SMARTS) is 1. The molecule has 3 N–H and O–H groups in total. The second kappa shape index (κ2) is 6.29. The fourth-order valence-electron chi connectivity index (χ4n) is 2.96. The van der Waals surface area contributed by atoms with E-state index in [-0.39, 0.29) is 5.69 Å². The van der Waals surface area contributed by atoms with E-state index >= 15 is 0 Å². The van der Waals surface area contributed by atoms with Crippen molar-refractivity contribution in [3.05, 3.63) is 63.7 Å². The van der Waals surface area contributed by atoms with E-state index in [0.29, 0.717) is 23.5 Å². The van der Waals surface area contributed by atoms with Crippen LogP contribution in [0.25, 0.3) is 0 Å². The molecule has 0 radical (unpaired) electrons. The van der Waals surface area contributed by atoms with E-state index in [1.54, 1.807) is 12.1 Å². The number of benzene rings is 2. The summed E-state index contributed by atoms with van der Waals surface area (Å²) in [7, 11) is 0. The summed E-state index contributed by atoms with van der Waals surface area (Å²) in [6, 6.07) is 10.6.